The molecule has 1 N–H and O–H groups in total. The van der Waals surface area contributed by atoms with Gasteiger partial charge in [-0.15, -0.1) is 0 Å². The monoisotopic (exact) mass is 466 g/mol. The summed E-state index contributed by atoms with van der Waals surface area (Å²) >= 11 is 0. The molecule has 2 saturated heterocycles. The van der Waals surface area contributed by atoms with Crippen LogP contribution in [0.3, 0.4) is 0 Å². The van der Waals surface area contributed by atoms with Crippen LogP contribution in [-0.4, -0.2) is 89.6 Å². The number of carbonyl (C=O) groups is 4. The molecule has 1 amide bonds. The minimum Gasteiger partial charge on any atom is -0.463 e. The molecule has 0 spiro atoms. The van der Waals surface area contributed by atoms with Gasteiger partial charge < -0.3 is 19.5 Å². The molecule has 0 aromatic carbocycles. The second-order valence-corrected chi connectivity index (χ2v) is 9.35. The second-order valence-electron chi connectivity index (χ2n) is 9.35. The number of rotatable bonds is 12. The Balaban J connectivity index is 0.000000346. The van der Waals surface area contributed by atoms with Crippen LogP contribution in [0.1, 0.15) is 47.5 Å². The largest absolute Gasteiger partial charge is 0.463 e. The Morgan fingerprint density at radius 1 is 1.12 bits per heavy atom. The predicted octanol–water partition coefficient (Wildman–Crippen LogP) is 1.49. The molecule has 33 heavy (non-hydrogen) atoms. The van der Waals surface area contributed by atoms with E-state index in [1.165, 1.54) is 13.0 Å². The molecule has 2 fully saturated rings. The van der Waals surface area contributed by atoms with Crippen LogP contribution < -0.4 is 0 Å². The molecule has 0 aliphatic carbocycles. The highest BCUT2D eigenvalue weighted by molar-refractivity contribution is 5.95. The van der Waals surface area contributed by atoms with Crippen molar-refractivity contribution in [3.63, 3.8) is 0 Å². The molecule has 4 unspecified atom stereocenters. The highest BCUT2D eigenvalue weighted by atomic mass is 16.6. The van der Waals surface area contributed by atoms with Crippen LogP contribution in [0, 0.1) is 5.41 Å². The van der Waals surface area contributed by atoms with Gasteiger partial charge in [0, 0.05) is 43.7 Å². The lowest BCUT2D eigenvalue weighted by Gasteiger charge is -2.22. The predicted molar refractivity (Wildman–Crippen MR) is 123 cm³/mol. The Morgan fingerprint density at radius 3 is 2.12 bits per heavy atom. The van der Waals surface area contributed by atoms with E-state index in [0.717, 1.165) is 13.1 Å². The summed E-state index contributed by atoms with van der Waals surface area (Å²) in [6.07, 6.45) is 0.828. The summed E-state index contributed by atoms with van der Waals surface area (Å²) in [5.74, 6) is -0.927. The number of ketones is 1. The number of aliphatic hydroxyl groups excluding tert-OH is 1. The zero-order valence-electron chi connectivity index (χ0n) is 20.5. The number of nitrogens with zero attached hydrogens (tertiary/aromatic N) is 2. The van der Waals surface area contributed by atoms with Gasteiger partial charge >= 0.3 is 11.9 Å². The van der Waals surface area contributed by atoms with E-state index in [-0.39, 0.29) is 42.9 Å². The lowest BCUT2D eigenvalue weighted by Crippen LogP contribution is -2.33. The minimum absolute atomic E-state index is 0.0696. The van der Waals surface area contributed by atoms with Gasteiger partial charge in [0.2, 0.25) is 5.91 Å². The zero-order valence-corrected chi connectivity index (χ0v) is 20.5. The highest BCUT2D eigenvalue weighted by Gasteiger charge is 2.42. The molecular formula is C24H38N2O7. The quantitative estimate of drug-likeness (QED) is 0.262. The molecule has 0 aromatic heterocycles. The lowest BCUT2D eigenvalue weighted by molar-refractivity contribution is -0.150. The van der Waals surface area contributed by atoms with E-state index in [2.05, 4.69) is 25.0 Å². The number of amides is 1. The topological polar surface area (TPSA) is 113 Å². The number of carbonyl (C=O) groups excluding carboxylic acids is 4. The number of ether oxygens (including phenoxy) is 2. The van der Waals surface area contributed by atoms with Gasteiger partial charge in [-0.05, 0) is 26.8 Å². The summed E-state index contributed by atoms with van der Waals surface area (Å²) in [4.78, 5) is 49.3. The molecule has 2 rings (SSSR count). The third kappa shape index (κ3) is 10.8. The SMILES string of the molecule is C=C(C)C(=O)OCC(O)COC(=O)CCN1CC1C.C=CC(=O)CC(C)(C)C(=O)N1CC1C. The molecule has 2 aliphatic heterocycles. The Morgan fingerprint density at radius 2 is 1.67 bits per heavy atom. The van der Waals surface area contributed by atoms with Gasteiger partial charge in [0.05, 0.1) is 11.8 Å². The van der Waals surface area contributed by atoms with Crippen molar-refractivity contribution in [3.05, 3.63) is 24.8 Å². The Bertz CT molecular complexity index is 762. The van der Waals surface area contributed by atoms with Gasteiger partial charge in [0.1, 0.15) is 19.3 Å². The summed E-state index contributed by atoms with van der Waals surface area (Å²) < 4.78 is 9.61. The molecule has 9 nitrogen and oxygen atoms in total. The first-order chi connectivity index (χ1) is 15.3. The van der Waals surface area contributed by atoms with Crippen LogP contribution in [0.5, 0.6) is 0 Å². The molecule has 0 saturated carbocycles. The van der Waals surface area contributed by atoms with E-state index in [1.54, 1.807) is 4.90 Å². The maximum atomic E-state index is 11.8. The van der Waals surface area contributed by atoms with Crippen LogP contribution >= 0.6 is 0 Å². The van der Waals surface area contributed by atoms with Crippen LogP contribution in [-0.2, 0) is 28.7 Å². The van der Waals surface area contributed by atoms with Crippen molar-refractivity contribution in [2.75, 3.05) is 32.8 Å². The molecule has 186 valence electrons. The lowest BCUT2D eigenvalue weighted by atomic mass is 9.86. The minimum atomic E-state index is -1.01. The van der Waals surface area contributed by atoms with Crippen LogP contribution in [0.15, 0.2) is 24.8 Å². The fraction of sp³-hybridized carbons (Fsp3) is 0.667. The summed E-state index contributed by atoms with van der Waals surface area (Å²) in [7, 11) is 0. The number of esters is 2. The van der Waals surface area contributed by atoms with Crippen molar-refractivity contribution in [3.8, 4) is 0 Å². The number of hydrogen-bond donors (Lipinski definition) is 1. The van der Waals surface area contributed by atoms with E-state index in [1.807, 2.05) is 20.8 Å². The van der Waals surface area contributed by atoms with Gasteiger partial charge in [0.25, 0.3) is 0 Å². The smallest absolute Gasteiger partial charge is 0.333 e. The van der Waals surface area contributed by atoms with Crippen molar-refractivity contribution < 1.29 is 33.8 Å². The maximum Gasteiger partial charge on any atom is 0.333 e. The molecule has 0 radical (unpaired) electrons. The average molecular weight is 467 g/mol. The fourth-order valence-corrected chi connectivity index (χ4v) is 2.94. The first-order valence-corrected chi connectivity index (χ1v) is 11.1. The molecule has 2 heterocycles. The number of aliphatic hydroxyl groups is 1. The number of hydrogen-bond acceptors (Lipinski definition) is 8. The second kappa shape index (κ2) is 12.6. The van der Waals surface area contributed by atoms with Gasteiger partial charge in [-0.25, -0.2) is 4.79 Å². The summed E-state index contributed by atoms with van der Waals surface area (Å²) in [5, 5.41) is 9.47. The standard InChI is InChI=1S/C13H21NO5.C11H17NO2/c1-9(2)13(17)19-8-11(15)7-18-12(16)4-5-14-6-10(14)3;1-5-9(13)6-11(3,4)10(14)12-7-8(12)2/h10-11,15H,1,4-8H2,2-3H3;5,8H,1,6-7H2,2-4H3. The summed E-state index contributed by atoms with van der Waals surface area (Å²) in [6.45, 7) is 18.2. The van der Waals surface area contributed by atoms with Gasteiger partial charge in [-0.1, -0.05) is 27.0 Å². The fourth-order valence-electron chi connectivity index (χ4n) is 2.94. The first-order valence-electron chi connectivity index (χ1n) is 11.1. The Labute approximate surface area is 196 Å². The van der Waals surface area contributed by atoms with Gasteiger partial charge in [0.15, 0.2) is 5.78 Å². The van der Waals surface area contributed by atoms with Crippen molar-refractivity contribution >= 4 is 23.6 Å². The Hall–Kier alpha value is -2.52. The molecule has 2 aliphatic rings. The van der Waals surface area contributed by atoms with E-state index < -0.39 is 17.5 Å². The normalized spacial score (nSPS) is 21.6. The third-order valence-electron chi connectivity index (χ3n) is 5.33. The van der Waals surface area contributed by atoms with E-state index in [9.17, 15) is 24.3 Å². The van der Waals surface area contributed by atoms with Gasteiger partial charge in [-0.2, -0.15) is 0 Å². The first kappa shape index (κ1) is 28.5. The third-order valence-corrected chi connectivity index (χ3v) is 5.33. The average Bonchev–Trinajstić information content (AvgIpc) is 3.65. The highest BCUT2D eigenvalue weighted by Crippen LogP contribution is 2.30. The Kier molecular flexibility index (Phi) is 10.9. The van der Waals surface area contributed by atoms with Crippen molar-refractivity contribution in [2.45, 2.75) is 65.6 Å². The van der Waals surface area contributed by atoms with E-state index in [4.69, 9.17) is 9.47 Å². The molecule has 0 aromatic rings. The van der Waals surface area contributed by atoms with E-state index >= 15 is 0 Å². The molecule has 0 bridgehead atoms. The van der Waals surface area contributed by atoms with E-state index in [0.29, 0.717) is 25.0 Å². The maximum absolute atomic E-state index is 11.8. The van der Waals surface area contributed by atoms with Crippen molar-refractivity contribution in [1.29, 1.82) is 0 Å². The van der Waals surface area contributed by atoms with Gasteiger partial charge in [-0.3, -0.25) is 19.3 Å². The van der Waals surface area contributed by atoms with Crippen LogP contribution in [0.25, 0.3) is 0 Å². The molecule has 4 atom stereocenters. The molecular weight excluding hydrogens is 428 g/mol. The van der Waals surface area contributed by atoms with Crippen LogP contribution in [0.4, 0.5) is 0 Å². The van der Waals surface area contributed by atoms with Crippen molar-refractivity contribution in [2.24, 2.45) is 5.41 Å². The number of allylic oxidation sites excluding steroid dienone is 1. The van der Waals surface area contributed by atoms with Crippen molar-refractivity contribution in [1.82, 2.24) is 9.80 Å². The molecule has 9 heteroatoms. The summed E-state index contributed by atoms with van der Waals surface area (Å²) in [5.41, 5.74) is -0.326. The summed E-state index contributed by atoms with van der Waals surface area (Å²) in [6, 6.07) is 0.903. The van der Waals surface area contributed by atoms with Crippen LogP contribution in [0.2, 0.25) is 0 Å². The zero-order chi connectivity index (χ0) is 25.3.